The first-order chi connectivity index (χ1) is 9.22. The number of nitrogens with one attached hydrogen (secondary N) is 1. The van der Waals surface area contributed by atoms with E-state index in [0.29, 0.717) is 22.4 Å². The Balaban J connectivity index is 1.91. The maximum atomic E-state index is 6.05. The van der Waals surface area contributed by atoms with Gasteiger partial charge in [-0.25, -0.2) is 0 Å². The Labute approximate surface area is 122 Å². The van der Waals surface area contributed by atoms with Gasteiger partial charge in [-0.1, -0.05) is 29.3 Å². The van der Waals surface area contributed by atoms with Crippen molar-refractivity contribution in [3.63, 3.8) is 0 Å². The van der Waals surface area contributed by atoms with E-state index >= 15 is 0 Å². The molecule has 0 aliphatic rings. The van der Waals surface area contributed by atoms with E-state index in [2.05, 4.69) is 5.32 Å². The first-order valence-electron chi connectivity index (χ1n) is 6.00. The molecule has 1 heterocycles. The molecule has 1 atom stereocenters. The summed E-state index contributed by atoms with van der Waals surface area (Å²) in [4.78, 5) is 0. The molecule has 0 spiro atoms. The SMILES string of the molecule is CNC(CCOc1cccc(Cl)c1Cl)c1ccco1. The molecule has 5 heteroatoms. The van der Waals surface area contributed by atoms with Crippen molar-refractivity contribution in [1.29, 1.82) is 0 Å². The average Bonchev–Trinajstić information content (AvgIpc) is 2.93. The Morgan fingerprint density at radius 1 is 1.26 bits per heavy atom. The van der Waals surface area contributed by atoms with Crippen molar-refractivity contribution in [3.8, 4) is 5.75 Å². The Kier molecular flexibility index (Phi) is 5.14. The number of benzene rings is 1. The minimum absolute atomic E-state index is 0.118. The zero-order valence-electron chi connectivity index (χ0n) is 10.5. The molecule has 102 valence electrons. The minimum Gasteiger partial charge on any atom is -0.492 e. The quantitative estimate of drug-likeness (QED) is 0.863. The highest BCUT2D eigenvalue weighted by atomic mass is 35.5. The summed E-state index contributed by atoms with van der Waals surface area (Å²) in [5.41, 5.74) is 0. The van der Waals surface area contributed by atoms with Crippen LogP contribution in [-0.2, 0) is 0 Å². The van der Waals surface area contributed by atoms with Crippen molar-refractivity contribution in [2.45, 2.75) is 12.5 Å². The molecule has 3 nitrogen and oxygen atoms in total. The normalized spacial score (nSPS) is 12.4. The van der Waals surface area contributed by atoms with Gasteiger partial charge in [-0.15, -0.1) is 0 Å². The van der Waals surface area contributed by atoms with Crippen LogP contribution in [0.5, 0.6) is 5.75 Å². The van der Waals surface area contributed by atoms with Crippen LogP contribution in [0.1, 0.15) is 18.2 Å². The van der Waals surface area contributed by atoms with Gasteiger partial charge in [-0.2, -0.15) is 0 Å². The molecule has 0 saturated heterocycles. The van der Waals surface area contributed by atoms with Gasteiger partial charge in [0.25, 0.3) is 0 Å². The smallest absolute Gasteiger partial charge is 0.139 e. The lowest BCUT2D eigenvalue weighted by atomic mass is 10.1. The fraction of sp³-hybridized carbons (Fsp3) is 0.286. The van der Waals surface area contributed by atoms with Crippen molar-refractivity contribution in [3.05, 3.63) is 52.4 Å². The van der Waals surface area contributed by atoms with Gasteiger partial charge < -0.3 is 14.5 Å². The predicted octanol–water partition coefficient (Wildman–Crippen LogP) is 4.32. The molecule has 0 aliphatic carbocycles. The van der Waals surface area contributed by atoms with Gasteiger partial charge in [0.05, 0.1) is 23.9 Å². The molecule has 0 radical (unpaired) electrons. The fourth-order valence-corrected chi connectivity index (χ4v) is 2.15. The van der Waals surface area contributed by atoms with Crippen LogP contribution in [0.3, 0.4) is 0 Å². The van der Waals surface area contributed by atoms with Crippen LogP contribution in [0.2, 0.25) is 10.0 Å². The maximum absolute atomic E-state index is 6.05. The lowest BCUT2D eigenvalue weighted by molar-refractivity contribution is 0.278. The van der Waals surface area contributed by atoms with Crippen LogP contribution >= 0.6 is 23.2 Å². The number of rotatable bonds is 6. The Morgan fingerprint density at radius 2 is 2.11 bits per heavy atom. The van der Waals surface area contributed by atoms with Gasteiger partial charge >= 0.3 is 0 Å². The predicted molar refractivity (Wildman–Crippen MR) is 77.1 cm³/mol. The van der Waals surface area contributed by atoms with E-state index in [9.17, 15) is 0 Å². The second-order valence-electron chi connectivity index (χ2n) is 4.05. The number of hydrogen-bond donors (Lipinski definition) is 1. The number of furan rings is 1. The number of ether oxygens (including phenoxy) is 1. The van der Waals surface area contributed by atoms with Crippen LogP contribution in [0.4, 0.5) is 0 Å². The van der Waals surface area contributed by atoms with Gasteiger partial charge in [-0.3, -0.25) is 0 Å². The molecule has 0 aliphatic heterocycles. The zero-order valence-corrected chi connectivity index (χ0v) is 12.0. The number of hydrogen-bond acceptors (Lipinski definition) is 3. The molecule has 2 rings (SSSR count). The molecule has 1 aromatic carbocycles. The Bertz CT molecular complexity index is 514. The summed E-state index contributed by atoms with van der Waals surface area (Å²) in [5, 5.41) is 4.13. The van der Waals surface area contributed by atoms with Gasteiger partial charge in [0.1, 0.15) is 16.5 Å². The summed E-state index contributed by atoms with van der Waals surface area (Å²) in [6, 6.07) is 9.27. The van der Waals surface area contributed by atoms with E-state index in [1.54, 1.807) is 18.4 Å². The van der Waals surface area contributed by atoms with Crippen LogP contribution < -0.4 is 10.1 Å². The van der Waals surface area contributed by atoms with E-state index in [0.717, 1.165) is 12.2 Å². The Hall–Kier alpha value is -1.16. The third kappa shape index (κ3) is 3.66. The largest absolute Gasteiger partial charge is 0.492 e. The summed E-state index contributed by atoms with van der Waals surface area (Å²) < 4.78 is 11.0. The van der Waals surface area contributed by atoms with Crippen molar-refractivity contribution in [1.82, 2.24) is 5.32 Å². The van der Waals surface area contributed by atoms with Gasteiger partial charge in [0.15, 0.2) is 0 Å². The number of halogens is 2. The Morgan fingerprint density at radius 3 is 2.79 bits per heavy atom. The lowest BCUT2D eigenvalue weighted by Crippen LogP contribution is -2.18. The van der Waals surface area contributed by atoms with Crippen molar-refractivity contribution < 1.29 is 9.15 Å². The first kappa shape index (κ1) is 14.3. The van der Waals surface area contributed by atoms with Crippen LogP contribution in [-0.4, -0.2) is 13.7 Å². The topological polar surface area (TPSA) is 34.4 Å². The molecule has 1 unspecified atom stereocenters. The van der Waals surface area contributed by atoms with Crippen molar-refractivity contribution in [2.75, 3.05) is 13.7 Å². The van der Waals surface area contributed by atoms with E-state index in [1.807, 2.05) is 25.2 Å². The third-order valence-corrected chi connectivity index (χ3v) is 3.62. The zero-order chi connectivity index (χ0) is 13.7. The van der Waals surface area contributed by atoms with Crippen molar-refractivity contribution >= 4 is 23.2 Å². The first-order valence-corrected chi connectivity index (χ1v) is 6.75. The standard InChI is InChI=1S/C14H15Cl2NO2/c1-17-11(12-6-3-8-18-12)7-9-19-13-5-2-4-10(15)14(13)16/h2-6,8,11,17H,7,9H2,1H3. The highest BCUT2D eigenvalue weighted by Gasteiger charge is 2.12. The van der Waals surface area contributed by atoms with Crippen LogP contribution in [0.15, 0.2) is 41.0 Å². The molecular formula is C14H15Cl2NO2. The van der Waals surface area contributed by atoms with E-state index < -0.39 is 0 Å². The van der Waals surface area contributed by atoms with Crippen LogP contribution in [0, 0.1) is 0 Å². The molecule has 1 aromatic heterocycles. The highest BCUT2D eigenvalue weighted by molar-refractivity contribution is 6.42. The third-order valence-electron chi connectivity index (χ3n) is 2.82. The van der Waals surface area contributed by atoms with Gasteiger partial charge in [0, 0.05) is 6.42 Å². The average molecular weight is 300 g/mol. The molecular weight excluding hydrogens is 285 g/mol. The second-order valence-corrected chi connectivity index (χ2v) is 4.83. The van der Waals surface area contributed by atoms with E-state index in [-0.39, 0.29) is 6.04 Å². The molecule has 2 aromatic rings. The monoisotopic (exact) mass is 299 g/mol. The maximum Gasteiger partial charge on any atom is 0.139 e. The van der Waals surface area contributed by atoms with Crippen LogP contribution in [0.25, 0.3) is 0 Å². The highest BCUT2D eigenvalue weighted by Crippen LogP contribution is 2.31. The van der Waals surface area contributed by atoms with Gasteiger partial charge in [0.2, 0.25) is 0 Å². The second kappa shape index (κ2) is 6.85. The summed E-state index contributed by atoms with van der Waals surface area (Å²) >= 11 is 12.0. The molecule has 0 bridgehead atoms. The lowest BCUT2D eigenvalue weighted by Gasteiger charge is -2.14. The molecule has 0 saturated carbocycles. The summed E-state index contributed by atoms with van der Waals surface area (Å²) in [7, 11) is 1.89. The summed E-state index contributed by atoms with van der Waals surface area (Å²) in [6.07, 6.45) is 2.43. The molecule has 1 N–H and O–H groups in total. The molecule has 19 heavy (non-hydrogen) atoms. The summed E-state index contributed by atoms with van der Waals surface area (Å²) in [5.74, 6) is 1.49. The molecule has 0 fully saturated rings. The minimum atomic E-state index is 0.118. The van der Waals surface area contributed by atoms with Gasteiger partial charge in [-0.05, 0) is 31.3 Å². The van der Waals surface area contributed by atoms with E-state index in [1.165, 1.54) is 0 Å². The van der Waals surface area contributed by atoms with E-state index in [4.69, 9.17) is 32.4 Å². The molecule has 0 amide bonds. The fourth-order valence-electron chi connectivity index (χ4n) is 1.80. The summed E-state index contributed by atoms with van der Waals surface area (Å²) in [6.45, 7) is 0.520. The van der Waals surface area contributed by atoms with Crippen molar-refractivity contribution in [2.24, 2.45) is 0 Å².